The van der Waals surface area contributed by atoms with Crippen LogP contribution in [0.25, 0.3) is 0 Å². The summed E-state index contributed by atoms with van der Waals surface area (Å²) in [5.74, 6) is 0.395. The van der Waals surface area contributed by atoms with Gasteiger partial charge in [-0.15, -0.1) is 0 Å². The minimum atomic E-state index is -0.670. The molecule has 0 spiro atoms. The van der Waals surface area contributed by atoms with E-state index in [1.807, 2.05) is 52.8 Å². The summed E-state index contributed by atoms with van der Waals surface area (Å²) < 4.78 is 5.79. The number of hydrogen-bond acceptors (Lipinski definition) is 3. The molecule has 2 amide bonds. The van der Waals surface area contributed by atoms with Crippen molar-refractivity contribution in [3.05, 3.63) is 63.1 Å². The Kier molecular flexibility index (Phi) is 9.85. The van der Waals surface area contributed by atoms with Gasteiger partial charge in [-0.2, -0.15) is 0 Å². The zero-order valence-electron chi connectivity index (χ0n) is 19.4. The van der Waals surface area contributed by atoms with Gasteiger partial charge in [-0.25, -0.2) is 0 Å². The number of benzene rings is 2. The highest BCUT2D eigenvalue weighted by molar-refractivity contribution is 6.36. The Hall–Kier alpha value is -2.24. The number of ether oxygens (including phenoxy) is 1. The van der Waals surface area contributed by atoms with E-state index in [0.29, 0.717) is 40.2 Å². The smallest absolute Gasteiger partial charge is 0.261 e. The number of amides is 2. The van der Waals surface area contributed by atoms with Crippen molar-refractivity contribution in [2.24, 2.45) is 5.92 Å². The molecule has 2 aromatic carbocycles. The van der Waals surface area contributed by atoms with E-state index in [9.17, 15) is 9.59 Å². The number of halogens is 2. The maximum absolute atomic E-state index is 13.3. The van der Waals surface area contributed by atoms with Crippen molar-refractivity contribution < 1.29 is 14.3 Å². The predicted molar refractivity (Wildman–Crippen MR) is 130 cm³/mol. The summed E-state index contributed by atoms with van der Waals surface area (Å²) in [6, 6.07) is 10.3. The first-order chi connectivity index (χ1) is 15.1. The van der Waals surface area contributed by atoms with Gasteiger partial charge in [0.05, 0.1) is 0 Å². The van der Waals surface area contributed by atoms with Crippen LogP contribution < -0.4 is 10.1 Å². The van der Waals surface area contributed by atoms with E-state index in [1.54, 1.807) is 18.2 Å². The fourth-order valence-corrected chi connectivity index (χ4v) is 3.96. The molecule has 5 nitrogen and oxygen atoms in total. The lowest BCUT2D eigenvalue weighted by molar-refractivity contribution is -0.143. The van der Waals surface area contributed by atoms with Crippen LogP contribution in [0.4, 0.5) is 0 Å². The highest BCUT2D eigenvalue weighted by Gasteiger charge is 2.30. The molecule has 0 radical (unpaired) electrons. The minimum absolute atomic E-state index is 0.112. The number of carbonyl (C=O) groups excluding carboxylic acids is 2. The van der Waals surface area contributed by atoms with Crippen molar-refractivity contribution >= 4 is 35.0 Å². The van der Waals surface area contributed by atoms with E-state index in [1.165, 1.54) is 4.90 Å². The summed E-state index contributed by atoms with van der Waals surface area (Å²) in [6.45, 7) is 10.3. The molecule has 174 valence electrons. The first kappa shape index (κ1) is 26.0. The van der Waals surface area contributed by atoms with Gasteiger partial charge in [0.2, 0.25) is 5.91 Å². The molecule has 1 atom stereocenters. The highest BCUT2D eigenvalue weighted by atomic mass is 35.5. The van der Waals surface area contributed by atoms with Crippen LogP contribution in [0.15, 0.2) is 36.4 Å². The van der Waals surface area contributed by atoms with Crippen LogP contribution in [-0.4, -0.2) is 35.9 Å². The van der Waals surface area contributed by atoms with Crippen LogP contribution in [0, 0.1) is 19.8 Å². The van der Waals surface area contributed by atoms with Crippen molar-refractivity contribution in [1.82, 2.24) is 10.2 Å². The summed E-state index contributed by atoms with van der Waals surface area (Å²) in [5, 5.41) is 3.83. The third-order valence-corrected chi connectivity index (χ3v) is 5.73. The zero-order valence-corrected chi connectivity index (χ0v) is 20.9. The lowest BCUT2D eigenvalue weighted by Crippen LogP contribution is -2.50. The monoisotopic (exact) mass is 478 g/mol. The van der Waals surface area contributed by atoms with E-state index >= 15 is 0 Å². The maximum atomic E-state index is 13.3. The molecule has 0 aliphatic carbocycles. The maximum Gasteiger partial charge on any atom is 0.261 e. The molecule has 0 saturated carbocycles. The molecule has 32 heavy (non-hydrogen) atoms. The quantitative estimate of drug-likeness (QED) is 0.485. The molecule has 1 N–H and O–H groups in total. The normalized spacial score (nSPS) is 11.9. The standard InChI is InChI=1S/C25H32Cl2N2O3/c1-6-23(25(31)28-13-16(2)3)29(14-20-21(26)8-7-9-22(20)27)24(30)15-32-19-11-17(4)10-18(5)12-19/h7-12,16,23H,6,13-15H2,1-5H3,(H,28,31). The molecule has 0 fully saturated rings. The molecule has 0 bridgehead atoms. The average molecular weight is 479 g/mol. The Morgan fingerprint density at radius 2 is 1.66 bits per heavy atom. The Balaban J connectivity index is 2.28. The van der Waals surface area contributed by atoms with Crippen molar-refractivity contribution in [3.63, 3.8) is 0 Å². The van der Waals surface area contributed by atoms with Crippen molar-refractivity contribution in [2.45, 2.75) is 53.6 Å². The average Bonchev–Trinajstić information content (AvgIpc) is 2.71. The van der Waals surface area contributed by atoms with Gasteiger partial charge in [0, 0.05) is 28.7 Å². The second-order valence-corrected chi connectivity index (χ2v) is 9.21. The zero-order chi connectivity index (χ0) is 23.8. The van der Waals surface area contributed by atoms with Gasteiger partial charge >= 0.3 is 0 Å². The van der Waals surface area contributed by atoms with E-state index in [-0.39, 0.29) is 25.0 Å². The highest BCUT2D eigenvalue weighted by Crippen LogP contribution is 2.27. The Bertz CT molecular complexity index is 906. The van der Waals surface area contributed by atoms with E-state index in [2.05, 4.69) is 5.32 Å². The summed E-state index contributed by atoms with van der Waals surface area (Å²) in [4.78, 5) is 27.7. The van der Waals surface area contributed by atoms with E-state index in [4.69, 9.17) is 27.9 Å². The van der Waals surface area contributed by atoms with Gasteiger partial charge in [0.1, 0.15) is 11.8 Å². The Morgan fingerprint density at radius 1 is 1.06 bits per heavy atom. The molecule has 0 saturated heterocycles. The van der Waals surface area contributed by atoms with Crippen molar-refractivity contribution in [2.75, 3.05) is 13.2 Å². The molecule has 0 aromatic heterocycles. The number of nitrogens with one attached hydrogen (secondary N) is 1. The van der Waals surface area contributed by atoms with E-state index < -0.39 is 6.04 Å². The van der Waals surface area contributed by atoms with Crippen LogP contribution in [-0.2, 0) is 16.1 Å². The topological polar surface area (TPSA) is 58.6 Å². The lowest BCUT2D eigenvalue weighted by atomic mass is 10.1. The number of hydrogen-bond donors (Lipinski definition) is 1. The van der Waals surface area contributed by atoms with Crippen LogP contribution >= 0.6 is 23.2 Å². The molecular formula is C25H32Cl2N2O3. The third-order valence-electron chi connectivity index (χ3n) is 5.02. The molecule has 1 unspecified atom stereocenters. The molecule has 2 aromatic rings. The minimum Gasteiger partial charge on any atom is -0.484 e. The predicted octanol–water partition coefficient (Wildman–Crippen LogP) is 5.57. The number of carbonyl (C=O) groups is 2. The number of rotatable bonds is 10. The Morgan fingerprint density at radius 3 is 2.19 bits per heavy atom. The molecule has 0 heterocycles. The van der Waals surface area contributed by atoms with E-state index in [0.717, 1.165) is 11.1 Å². The van der Waals surface area contributed by atoms with Crippen molar-refractivity contribution in [1.29, 1.82) is 0 Å². The summed E-state index contributed by atoms with van der Waals surface area (Å²) >= 11 is 12.7. The number of nitrogens with zero attached hydrogens (tertiary/aromatic N) is 1. The second kappa shape index (κ2) is 12.1. The van der Waals surface area contributed by atoms with Gasteiger partial charge in [-0.3, -0.25) is 9.59 Å². The van der Waals surface area contributed by atoms with Gasteiger partial charge in [0.25, 0.3) is 5.91 Å². The fourth-order valence-electron chi connectivity index (χ4n) is 3.44. The molecule has 0 aliphatic rings. The van der Waals surface area contributed by atoms with Gasteiger partial charge < -0.3 is 15.0 Å². The molecule has 7 heteroatoms. The van der Waals surface area contributed by atoms with Crippen LogP contribution in [0.1, 0.15) is 43.9 Å². The van der Waals surface area contributed by atoms with Crippen molar-refractivity contribution in [3.8, 4) is 5.75 Å². The molecule has 2 rings (SSSR count). The SMILES string of the molecule is CCC(C(=O)NCC(C)C)N(Cc1c(Cl)cccc1Cl)C(=O)COc1cc(C)cc(C)c1. The van der Waals surface area contributed by atoms with Crippen LogP contribution in [0.3, 0.4) is 0 Å². The second-order valence-electron chi connectivity index (χ2n) is 8.40. The van der Waals surface area contributed by atoms with Gasteiger partial charge in [-0.05, 0) is 61.6 Å². The Labute approximate surface area is 201 Å². The van der Waals surface area contributed by atoms with Crippen LogP contribution in [0.5, 0.6) is 5.75 Å². The first-order valence-corrected chi connectivity index (χ1v) is 11.6. The first-order valence-electron chi connectivity index (χ1n) is 10.8. The largest absolute Gasteiger partial charge is 0.484 e. The van der Waals surface area contributed by atoms with Gasteiger partial charge in [0.15, 0.2) is 6.61 Å². The summed E-state index contributed by atoms with van der Waals surface area (Å²) in [6.07, 6.45) is 0.446. The lowest BCUT2D eigenvalue weighted by Gasteiger charge is -2.31. The fraction of sp³-hybridized carbons (Fsp3) is 0.440. The third kappa shape index (κ3) is 7.42. The van der Waals surface area contributed by atoms with Crippen LogP contribution in [0.2, 0.25) is 10.0 Å². The molecular weight excluding hydrogens is 447 g/mol. The van der Waals surface area contributed by atoms with Gasteiger partial charge in [-0.1, -0.05) is 56.1 Å². The number of aryl methyl sites for hydroxylation is 2. The summed E-state index contributed by atoms with van der Waals surface area (Å²) in [7, 11) is 0. The molecule has 0 aliphatic heterocycles. The summed E-state index contributed by atoms with van der Waals surface area (Å²) in [5.41, 5.74) is 2.70.